The van der Waals surface area contributed by atoms with Crippen LogP contribution in [-0.4, -0.2) is 38.2 Å². The van der Waals surface area contributed by atoms with Gasteiger partial charge in [0.1, 0.15) is 11.4 Å². The number of halogens is 1. The van der Waals surface area contributed by atoms with Crippen molar-refractivity contribution < 1.29 is 13.9 Å². The highest BCUT2D eigenvalue weighted by Crippen LogP contribution is 2.38. The van der Waals surface area contributed by atoms with Crippen LogP contribution in [0.3, 0.4) is 0 Å². The average molecular weight is 297 g/mol. The van der Waals surface area contributed by atoms with Crippen LogP contribution in [0.15, 0.2) is 23.1 Å². The fourth-order valence-electron chi connectivity index (χ4n) is 2.87. The minimum Gasteiger partial charge on any atom is -0.378 e. The summed E-state index contributed by atoms with van der Waals surface area (Å²) in [6.07, 6.45) is 1.93. The number of nitrogens with one attached hydrogen (secondary N) is 1. The highest BCUT2D eigenvalue weighted by molar-refractivity contribution is 7.99. The van der Waals surface area contributed by atoms with Crippen LogP contribution in [0.2, 0.25) is 0 Å². The summed E-state index contributed by atoms with van der Waals surface area (Å²) in [6.45, 7) is 2.13. The average Bonchev–Trinajstić information content (AvgIpc) is 2.95. The molecule has 1 aromatic rings. The molecule has 2 heterocycles. The van der Waals surface area contributed by atoms with E-state index in [2.05, 4.69) is 5.32 Å². The molecule has 2 unspecified atom stereocenters. The van der Waals surface area contributed by atoms with E-state index < -0.39 is 0 Å². The Morgan fingerprint density at radius 1 is 1.55 bits per heavy atom. The maximum absolute atomic E-state index is 13.8. The minimum absolute atomic E-state index is 0.107. The molecule has 2 aliphatic rings. The van der Waals surface area contributed by atoms with E-state index in [0.29, 0.717) is 6.61 Å². The molecule has 110 valence electrons. The number of fused-ring (bicyclic) bond motifs is 1. The smallest absolute Gasteiger partial charge is 0.137 e. The third-order valence-corrected chi connectivity index (χ3v) is 5.36. The largest absolute Gasteiger partial charge is 0.378 e. The molecule has 1 aromatic carbocycles. The van der Waals surface area contributed by atoms with E-state index in [1.165, 1.54) is 6.07 Å². The second kappa shape index (κ2) is 6.02. The van der Waals surface area contributed by atoms with Crippen molar-refractivity contribution in [3.8, 4) is 0 Å². The Morgan fingerprint density at radius 3 is 3.20 bits per heavy atom. The van der Waals surface area contributed by atoms with Crippen LogP contribution in [-0.2, 0) is 9.47 Å². The summed E-state index contributed by atoms with van der Waals surface area (Å²) in [6, 6.07) is 5.55. The van der Waals surface area contributed by atoms with E-state index in [4.69, 9.17) is 9.47 Å². The summed E-state index contributed by atoms with van der Waals surface area (Å²) in [5, 5.41) is 3.55. The topological polar surface area (TPSA) is 30.5 Å². The lowest BCUT2D eigenvalue weighted by Gasteiger charge is -2.31. The zero-order valence-electron chi connectivity index (χ0n) is 11.7. The third-order valence-electron chi connectivity index (χ3n) is 4.20. The van der Waals surface area contributed by atoms with E-state index >= 15 is 0 Å². The second-order valence-corrected chi connectivity index (χ2v) is 6.52. The summed E-state index contributed by atoms with van der Waals surface area (Å²) in [5.74, 6) is 0.840. The van der Waals surface area contributed by atoms with Gasteiger partial charge in [-0.25, -0.2) is 4.39 Å². The van der Waals surface area contributed by atoms with Crippen molar-refractivity contribution in [2.24, 2.45) is 0 Å². The van der Waals surface area contributed by atoms with Gasteiger partial charge in [-0.1, -0.05) is 12.1 Å². The molecule has 0 saturated carbocycles. The van der Waals surface area contributed by atoms with Crippen LogP contribution < -0.4 is 5.32 Å². The first-order valence-corrected chi connectivity index (χ1v) is 8.00. The summed E-state index contributed by atoms with van der Waals surface area (Å²) in [4.78, 5) is 0.797. The number of benzene rings is 1. The summed E-state index contributed by atoms with van der Waals surface area (Å²) in [7, 11) is 1.74. The Labute approximate surface area is 123 Å². The first-order chi connectivity index (χ1) is 9.74. The van der Waals surface area contributed by atoms with Crippen molar-refractivity contribution in [1.29, 1.82) is 0 Å². The highest BCUT2D eigenvalue weighted by Gasteiger charge is 2.36. The van der Waals surface area contributed by atoms with Crippen LogP contribution in [0.5, 0.6) is 0 Å². The van der Waals surface area contributed by atoms with E-state index in [-0.39, 0.29) is 17.5 Å². The molecule has 0 bridgehead atoms. The van der Waals surface area contributed by atoms with E-state index in [1.54, 1.807) is 24.9 Å². The zero-order chi connectivity index (χ0) is 14.0. The summed E-state index contributed by atoms with van der Waals surface area (Å²) in [5.41, 5.74) is 0.851. The van der Waals surface area contributed by atoms with Gasteiger partial charge in [0.15, 0.2) is 0 Å². The molecule has 20 heavy (non-hydrogen) atoms. The predicted octanol–water partition coefficient (Wildman–Crippen LogP) is 2.76. The molecule has 0 spiro atoms. The molecule has 3 rings (SSSR count). The fourth-order valence-corrected chi connectivity index (χ4v) is 4.01. The van der Waals surface area contributed by atoms with E-state index in [0.717, 1.165) is 42.2 Å². The fraction of sp³-hybridized carbons (Fsp3) is 0.600. The van der Waals surface area contributed by atoms with Crippen LogP contribution in [0, 0.1) is 5.82 Å². The molecular weight excluding hydrogens is 277 g/mol. The van der Waals surface area contributed by atoms with Gasteiger partial charge in [-0.15, -0.1) is 11.8 Å². The highest BCUT2D eigenvalue weighted by atomic mass is 32.2. The second-order valence-electron chi connectivity index (χ2n) is 5.42. The Hall–Kier alpha value is -0.620. The van der Waals surface area contributed by atoms with Crippen LogP contribution in [0.4, 0.5) is 4.39 Å². The SMILES string of the molecule is COC1(CNC2CCSc3c(F)cccc32)CCOC1. The van der Waals surface area contributed by atoms with Gasteiger partial charge in [-0.3, -0.25) is 0 Å². The van der Waals surface area contributed by atoms with Crippen LogP contribution in [0.1, 0.15) is 24.4 Å². The van der Waals surface area contributed by atoms with Crippen molar-refractivity contribution >= 4 is 11.8 Å². The normalized spacial score (nSPS) is 29.4. The lowest BCUT2D eigenvalue weighted by Crippen LogP contribution is -2.44. The van der Waals surface area contributed by atoms with Crippen molar-refractivity contribution in [3.63, 3.8) is 0 Å². The van der Waals surface area contributed by atoms with Gasteiger partial charge in [0.2, 0.25) is 0 Å². The Morgan fingerprint density at radius 2 is 2.45 bits per heavy atom. The Balaban J connectivity index is 1.72. The molecular formula is C15H20FNO2S. The lowest BCUT2D eigenvalue weighted by molar-refractivity contribution is -0.0176. The number of ether oxygens (including phenoxy) is 2. The van der Waals surface area contributed by atoms with Gasteiger partial charge in [-0.05, 0) is 23.8 Å². The first-order valence-electron chi connectivity index (χ1n) is 7.02. The van der Waals surface area contributed by atoms with Gasteiger partial charge >= 0.3 is 0 Å². The first kappa shape index (κ1) is 14.3. The molecule has 1 N–H and O–H groups in total. The molecule has 1 fully saturated rings. The lowest BCUT2D eigenvalue weighted by atomic mass is 9.99. The summed E-state index contributed by atoms with van der Waals surface area (Å²) < 4.78 is 24.9. The molecule has 3 nitrogen and oxygen atoms in total. The van der Waals surface area contributed by atoms with Crippen LogP contribution >= 0.6 is 11.8 Å². The number of thioether (sulfide) groups is 1. The molecule has 0 amide bonds. The number of rotatable bonds is 4. The quantitative estimate of drug-likeness (QED) is 0.926. The molecule has 2 atom stereocenters. The van der Waals surface area contributed by atoms with Gasteiger partial charge < -0.3 is 14.8 Å². The van der Waals surface area contributed by atoms with Crippen molar-refractivity contribution in [2.75, 3.05) is 32.6 Å². The van der Waals surface area contributed by atoms with Crippen molar-refractivity contribution in [3.05, 3.63) is 29.6 Å². The molecule has 0 aromatic heterocycles. The number of hydrogen-bond acceptors (Lipinski definition) is 4. The predicted molar refractivity (Wildman–Crippen MR) is 77.7 cm³/mol. The third kappa shape index (κ3) is 2.72. The van der Waals surface area contributed by atoms with Crippen molar-refractivity contribution in [2.45, 2.75) is 29.4 Å². The molecule has 0 aliphatic carbocycles. The van der Waals surface area contributed by atoms with Gasteiger partial charge in [0, 0.05) is 37.6 Å². The zero-order valence-corrected chi connectivity index (χ0v) is 12.5. The van der Waals surface area contributed by atoms with E-state index in [1.807, 2.05) is 6.07 Å². The number of hydrogen-bond donors (Lipinski definition) is 1. The maximum atomic E-state index is 13.8. The monoisotopic (exact) mass is 297 g/mol. The summed E-state index contributed by atoms with van der Waals surface area (Å²) >= 11 is 1.61. The Kier molecular flexibility index (Phi) is 4.31. The van der Waals surface area contributed by atoms with Crippen molar-refractivity contribution in [1.82, 2.24) is 5.32 Å². The van der Waals surface area contributed by atoms with Gasteiger partial charge in [-0.2, -0.15) is 0 Å². The molecule has 5 heteroatoms. The maximum Gasteiger partial charge on any atom is 0.137 e. The van der Waals surface area contributed by atoms with Gasteiger partial charge in [0.05, 0.1) is 6.61 Å². The minimum atomic E-state index is -0.224. The standard InChI is InChI=1S/C15H20FNO2S/c1-18-15(6-7-19-10-15)9-17-13-5-8-20-14-11(13)3-2-4-12(14)16/h2-4,13,17H,5-10H2,1H3. The molecule has 0 radical (unpaired) electrons. The molecule has 1 saturated heterocycles. The molecule has 2 aliphatic heterocycles. The van der Waals surface area contributed by atoms with Gasteiger partial charge in [0.25, 0.3) is 0 Å². The van der Waals surface area contributed by atoms with E-state index in [9.17, 15) is 4.39 Å². The number of methoxy groups -OCH3 is 1. The van der Waals surface area contributed by atoms with Crippen LogP contribution in [0.25, 0.3) is 0 Å². The Bertz CT molecular complexity index is 477.